The first-order valence-electron chi connectivity index (χ1n) is 10.9. The van der Waals surface area contributed by atoms with Gasteiger partial charge in [-0.3, -0.25) is 19.0 Å². The van der Waals surface area contributed by atoms with Crippen LogP contribution in [0.4, 0.5) is 24.5 Å². The maximum absolute atomic E-state index is 13.4. The van der Waals surface area contributed by atoms with Crippen molar-refractivity contribution in [3.05, 3.63) is 87.3 Å². The fraction of sp³-hybridized carbons (Fsp3) is 0.200. The average Bonchev–Trinajstić information content (AvgIpc) is 3.18. The maximum Gasteiger partial charge on any atom is 0.416 e. The zero-order valence-electron chi connectivity index (χ0n) is 19.2. The first-order valence-corrected chi connectivity index (χ1v) is 11.8. The quantitative estimate of drug-likeness (QED) is 0.349. The second kappa shape index (κ2) is 9.94. The number of aromatic nitrogens is 2. The fourth-order valence-corrected chi connectivity index (χ4v) is 4.83. The van der Waals surface area contributed by atoms with E-state index in [9.17, 15) is 27.6 Å². The molecule has 2 aromatic carbocycles. The van der Waals surface area contributed by atoms with E-state index >= 15 is 0 Å². The van der Waals surface area contributed by atoms with Crippen LogP contribution in [0.1, 0.15) is 40.2 Å². The Hall–Kier alpha value is -3.99. The molecule has 1 unspecified atom stereocenters. The number of halogens is 3. The number of thiophene rings is 1. The van der Waals surface area contributed by atoms with Crippen LogP contribution in [0.15, 0.2) is 65.7 Å². The van der Waals surface area contributed by atoms with Gasteiger partial charge in [-0.05, 0) is 49.2 Å². The predicted molar refractivity (Wildman–Crippen MR) is 132 cm³/mol. The van der Waals surface area contributed by atoms with Crippen molar-refractivity contribution in [1.29, 1.82) is 0 Å². The van der Waals surface area contributed by atoms with Gasteiger partial charge in [-0.25, -0.2) is 4.98 Å². The number of hydrogen-bond donors (Lipinski definition) is 2. The molecule has 2 N–H and O–H groups in total. The molecular weight excluding hydrogens is 493 g/mol. The van der Waals surface area contributed by atoms with Gasteiger partial charge < -0.3 is 10.6 Å². The summed E-state index contributed by atoms with van der Waals surface area (Å²) >= 11 is 1.06. The van der Waals surface area contributed by atoms with E-state index in [0.29, 0.717) is 21.0 Å². The Bertz CT molecular complexity index is 1500. The number of alkyl halides is 3. The summed E-state index contributed by atoms with van der Waals surface area (Å²) in [5.74, 6) is -1.04. The molecule has 0 aliphatic rings. The highest BCUT2D eigenvalue weighted by Gasteiger charge is 2.31. The molecule has 0 fully saturated rings. The summed E-state index contributed by atoms with van der Waals surface area (Å²) in [7, 11) is 0. The minimum Gasteiger partial charge on any atom is -0.324 e. The monoisotopic (exact) mass is 514 g/mol. The Morgan fingerprint density at radius 1 is 1.06 bits per heavy atom. The minimum absolute atomic E-state index is 0.0399. The molecule has 1 atom stereocenters. The van der Waals surface area contributed by atoms with Gasteiger partial charge in [-0.15, -0.1) is 11.3 Å². The number of carbonyl (C=O) groups is 2. The number of rotatable bonds is 6. The van der Waals surface area contributed by atoms with Gasteiger partial charge in [0.05, 0.1) is 22.2 Å². The largest absolute Gasteiger partial charge is 0.416 e. The zero-order chi connectivity index (χ0) is 26.0. The van der Waals surface area contributed by atoms with Crippen molar-refractivity contribution in [2.45, 2.75) is 32.5 Å². The summed E-state index contributed by atoms with van der Waals surface area (Å²) in [4.78, 5) is 44.1. The van der Waals surface area contributed by atoms with E-state index in [2.05, 4.69) is 15.6 Å². The van der Waals surface area contributed by atoms with Gasteiger partial charge in [0.25, 0.3) is 11.5 Å². The third-order valence-electron chi connectivity index (χ3n) is 5.60. The van der Waals surface area contributed by atoms with E-state index in [4.69, 9.17) is 0 Å². The van der Waals surface area contributed by atoms with Gasteiger partial charge in [0.15, 0.2) is 0 Å². The Morgan fingerprint density at radius 3 is 2.42 bits per heavy atom. The van der Waals surface area contributed by atoms with E-state index in [0.717, 1.165) is 28.0 Å². The van der Waals surface area contributed by atoms with Crippen molar-refractivity contribution in [2.24, 2.45) is 0 Å². The highest BCUT2D eigenvalue weighted by molar-refractivity contribution is 7.20. The molecule has 36 heavy (non-hydrogen) atoms. The van der Waals surface area contributed by atoms with Crippen LogP contribution in [0.2, 0.25) is 0 Å². The average molecular weight is 515 g/mol. The number of amides is 2. The molecule has 186 valence electrons. The molecule has 0 saturated carbocycles. The SMILES string of the molecule is CCC(C(=O)Nc1cccc(C(F)(F)F)c1)n1cnc2sc(C(=O)Nc3ccccc3)c(C)c2c1=O. The van der Waals surface area contributed by atoms with Crippen molar-refractivity contribution < 1.29 is 22.8 Å². The molecule has 2 amide bonds. The summed E-state index contributed by atoms with van der Waals surface area (Å²) in [5, 5.41) is 5.45. The molecule has 4 aromatic rings. The molecular formula is C25H21F3N4O3S. The van der Waals surface area contributed by atoms with E-state index in [-0.39, 0.29) is 23.4 Å². The van der Waals surface area contributed by atoms with Crippen LogP contribution in [-0.4, -0.2) is 21.4 Å². The Kier molecular flexibility index (Phi) is 6.93. The lowest BCUT2D eigenvalue weighted by atomic mass is 10.1. The molecule has 2 aromatic heterocycles. The molecule has 0 aliphatic carbocycles. The number of para-hydroxylation sites is 1. The molecule has 11 heteroatoms. The molecule has 2 heterocycles. The van der Waals surface area contributed by atoms with Crippen molar-refractivity contribution in [2.75, 3.05) is 10.6 Å². The second-order valence-corrected chi connectivity index (χ2v) is 9.00. The minimum atomic E-state index is -4.56. The first kappa shape index (κ1) is 25.1. The summed E-state index contributed by atoms with van der Waals surface area (Å²) < 4.78 is 40.2. The van der Waals surface area contributed by atoms with Gasteiger partial charge in [-0.1, -0.05) is 31.2 Å². The van der Waals surface area contributed by atoms with Gasteiger partial charge in [0, 0.05) is 11.4 Å². The number of anilines is 2. The molecule has 0 saturated heterocycles. The lowest BCUT2D eigenvalue weighted by Gasteiger charge is -2.18. The number of nitrogens with zero attached hydrogens (tertiary/aromatic N) is 2. The highest BCUT2D eigenvalue weighted by Crippen LogP contribution is 2.31. The van der Waals surface area contributed by atoms with Crippen LogP contribution in [0.3, 0.4) is 0 Å². The molecule has 0 aliphatic heterocycles. The Balaban J connectivity index is 1.64. The van der Waals surface area contributed by atoms with Crippen molar-refractivity contribution >= 4 is 44.7 Å². The van der Waals surface area contributed by atoms with Crippen LogP contribution in [-0.2, 0) is 11.0 Å². The normalized spacial score (nSPS) is 12.4. The highest BCUT2D eigenvalue weighted by atomic mass is 32.1. The fourth-order valence-electron chi connectivity index (χ4n) is 3.79. The molecule has 0 radical (unpaired) electrons. The van der Waals surface area contributed by atoms with E-state index in [1.54, 1.807) is 38.1 Å². The van der Waals surface area contributed by atoms with Crippen molar-refractivity contribution in [3.8, 4) is 0 Å². The van der Waals surface area contributed by atoms with Gasteiger partial charge in [-0.2, -0.15) is 13.2 Å². The lowest BCUT2D eigenvalue weighted by Crippen LogP contribution is -2.33. The van der Waals surface area contributed by atoms with Crippen LogP contribution < -0.4 is 16.2 Å². The summed E-state index contributed by atoms with van der Waals surface area (Å²) in [5.41, 5.74) is -0.422. The van der Waals surface area contributed by atoms with Crippen LogP contribution in [0.5, 0.6) is 0 Å². The van der Waals surface area contributed by atoms with E-state index in [1.165, 1.54) is 18.5 Å². The van der Waals surface area contributed by atoms with Crippen LogP contribution in [0, 0.1) is 6.92 Å². The molecule has 7 nitrogen and oxygen atoms in total. The van der Waals surface area contributed by atoms with Gasteiger partial charge >= 0.3 is 6.18 Å². The summed E-state index contributed by atoms with van der Waals surface area (Å²) in [6, 6.07) is 12.1. The van der Waals surface area contributed by atoms with Crippen molar-refractivity contribution in [1.82, 2.24) is 9.55 Å². The number of carbonyl (C=O) groups excluding carboxylic acids is 2. The number of fused-ring (bicyclic) bond motifs is 1. The molecule has 4 rings (SSSR count). The third kappa shape index (κ3) is 5.01. The van der Waals surface area contributed by atoms with Crippen LogP contribution >= 0.6 is 11.3 Å². The number of benzene rings is 2. The molecule has 0 bridgehead atoms. The van der Waals surface area contributed by atoms with E-state index in [1.807, 2.05) is 6.07 Å². The number of nitrogens with one attached hydrogen (secondary N) is 2. The first-order chi connectivity index (χ1) is 17.1. The lowest BCUT2D eigenvalue weighted by molar-refractivity contribution is -0.137. The van der Waals surface area contributed by atoms with Crippen LogP contribution in [0.25, 0.3) is 10.2 Å². The number of hydrogen-bond acceptors (Lipinski definition) is 5. The van der Waals surface area contributed by atoms with E-state index < -0.39 is 29.2 Å². The third-order valence-corrected chi connectivity index (χ3v) is 6.80. The van der Waals surface area contributed by atoms with Crippen molar-refractivity contribution in [3.63, 3.8) is 0 Å². The summed E-state index contributed by atoms with van der Waals surface area (Å²) in [6.07, 6.45) is -3.15. The predicted octanol–water partition coefficient (Wildman–Crippen LogP) is 5.63. The zero-order valence-corrected chi connectivity index (χ0v) is 20.0. The maximum atomic E-state index is 13.4. The standard InChI is InChI=1S/C25H21F3N4O3S/c1-3-18(21(33)31-17-11-7-8-15(12-17)25(26,27)28)32-13-29-23-19(24(32)35)14(2)20(36-23)22(34)30-16-9-5-4-6-10-16/h4-13,18H,3H2,1-2H3,(H,30,34)(H,31,33). The Morgan fingerprint density at radius 2 is 1.75 bits per heavy atom. The topological polar surface area (TPSA) is 93.1 Å². The summed E-state index contributed by atoms with van der Waals surface area (Å²) in [6.45, 7) is 3.31. The van der Waals surface area contributed by atoms with Gasteiger partial charge in [0.2, 0.25) is 5.91 Å². The second-order valence-electron chi connectivity index (χ2n) is 8.01. The smallest absolute Gasteiger partial charge is 0.324 e. The van der Waals surface area contributed by atoms with Gasteiger partial charge in [0.1, 0.15) is 10.9 Å². The molecule has 0 spiro atoms. The number of aryl methyl sites for hydroxylation is 1. The Labute approximate surface area is 207 Å².